The van der Waals surface area contributed by atoms with Gasteiger partial charge in [-0.25, -0.2) is 9.37 Å². The molecule has 1 heterocycles. The number of aromatic nitrogens is 1. The van der Waals surface area contributed by atoms with E-state index in [-0.39, 0.29) is 17.7 Å². The van der Waals surface area contributed by atoms with Crippen LogP contribution in [-0.4, -0.2) is 11.1 Å². The Bertz CT molecular complexity index is 573. The Kier molecular flexibility index (Phi) is 3.85. The monoisotopic (exact) mass is 262 g/mol. The average Bonchev–Trinajstić information content (AvgIpc) is 2.34. The molecular weight excluding hydrogens is 247 g/mol. The Balaban J connectivity index is 2.27. The molecule has 2 N–H and O–H groups in total. The Morgan fingerprint density at radius 2 is 2.00 bits per heavy atom. The third-order valence-corrected chi connectivity index (χ3v) is 2.26. The largest absolute Gasteiger partial charge is 0.485 e. The third-order valence-electron chi connectivity index (χ3n) is 2.26. The standard InChI is InChI=1S/C14H15FN2O2/c1-9(2)18-13-4-3-7-17-14(13)19-12-6-5-10(16)8-11(12)15/h3-9H,16H2,1-2H3. The highest BCUT2D eigenvalue weighted by Crippen LogP contribution is 2.31. The van der Waals surface area contributed by atoms with Gasteiger partial charge in [0.05, 0.1) is 6.10 Å². The maximum Gasteiger partial charge on any atom is 0.262 e. The summed E-state index contributed by atoms with van der Waals surface area (Å²) in [5.41, 5.74) is 5.82. The van der Waals surface area contributed by atoms with E-state index in [1.54, 1.807) is 24.4 Å². The Morgan fingerprint density at radius 3 is 2.68 bits per heavy atom. The first-order valence-electron chi connectivity index (χ1n) is 5.91. The lowest BCUT2D eigenvalue weighted by molar-refractivity contribution is 0.230. The molecule has 0 aliphatic carbocycles. The minimum atomic E-state index is -0.541. The molecule has 1 aromatic carbocycles. The molecule has 0 atom stereocenters. The molecule has 0 aliphatic rings. The van der Waals surface area contributed by atoms with Crippen molar-refractivity contribution in [1.82, 2.24) is 4.98 Å². The van der Waals surface area contributed by atoms with E-state index >= 15 is 0 Å². The van der Waals surface area contributed by atoms with Gasteiger partial charge in [-0.1, -0.05) is 0 Å². The number of pyridine rings is 1. The lowest BCUT2D eigenvalue weighted by Crippen LogP contribution is -2.07. The van der Waals surface area contributed by atoms with Crippen LogP contribution in [0.25, 0.3) is 0 Å². The van der Waals surface area contributed by atoms with Crippen LogP contribution in [-0.2, 0) is 0 Å². The first-order valence-corrected chi connectivity index (χ1v) is 5.91. The van der Waals surface area contributed by atoms with Gasteiger partial charge < -0.3 is 15.2 Å². The van der Waals surface area contributed by atoms with E-state index in [2.05, 4.69) is 4.98 Å². The van der Waals surface area contributed by atoms with Crippen molar-refractivity contribution in [3.63, 3.8) is 0 Å². The van der Waals surface area contributed by atoms with Gasteiger partial charge in [-0.2, -0.15) is 0 Å². The van der Waals surface area contributed by atoms with E-state index in [1.165, 1.54) is 12.1 Å². The summed E-state index contributed by atoms with van der Waals surface area (Å²) in [6.45, 7) is 3.78. The fourth-order valence-corrected chi connectivity index (χ4v) is 1.50. The number of nitrogen functional groups attached to an aromatic ring is 1. The maximum absolute atomic E-state index is 13.7. The smallest absolute Gasteiger partial charge is 0.262 e. The zero-order valence-corrected chi connectivity index (χ0v) is 10.8. The SMILES string of the molecule is CC(C)Oc1cccnc1Oc1ccc(N)cc1F. The predicted molar refractivity (Wildman–Crippen MR) is 70.9 cm³/mol. The highest BCUT2D eigenvalue weighted by molar-refractivity contribution is 5.45. The number of benzene rings is 1. The van der Waals surface area contributed by atoms with E-state index in [4.69, 9.17) is 15.2 Å². The number of halogens is 1. The average molecular weight is 262 g/mol. The van der Waals surface area contributed by atoms with Crippen LogP contribution in [0.3, 0.4) is 0 Å². The van der Waals surface area contributed by atoms with Gasteiger partial charge in [0, 0.05) is 18.0 Å². The van der Waals surface area contributed by atoms with Crippen LogP contribution < -0.4 is 15.2 Å². The highest BCUT2D eigenvalue weighted by Gasteiger charge is 2.11. The minimum Gasteiger partial charge on any atom is -0.485 e. The molecule has 0 amide bonds. The van der Waals surface area contributed by atoms with E-state index in [1.807, 2.05) is 13.8 Å². The summed E-state index contributed by atoms with van der Waals surface area (Å²) < 4.78 is 24.6. The molecule has 4 nitrogen and oxygen atoms in total. The highest BCUT2D eigenvalue weighted by atomic mass is 19.1. The molecule has 100 valence electrons. The van der Waals surface area contributed by atoms with Gasteiger partial charge in [0.15, 0.2) is 17.3 Å². The van der Waals surface area contributed by atoms with E-state index in [0.717, 1.165) is 0 Å². The Hall–Kier alpha value is -2.30. The molecular formula is C14H15FN2O2. The molecule has 1 aromatic heterocycles. The molecule has 0 unspecified atom stereocenters. The summed E-state index contributed by atoms with van der Waals surface area (Å²) >= 11 is 0. The maximum atomic E-state index is 13.7. The van der Waals surface area contributed by atoms with Gasteiger partial charge >= 0.3 is 0 Å². The van der Waals surface area contributed by atoms with Crippen molar-refractivity contribution in [3.05, 3.63) is 42.3 Å². The molecule has 5 heteroatoms. The molecule has 0 fully saturated rings. The Morgan fingerprint density at radius 1 is 1.21 bits per heavy atom. The van der Waals surface area contributed by atoms with Crippen molar-refractivity contribution >= 4 is 5.69 Å². The summed E-state index contributed by atoms with van der Waals surface area (Å²) in [5.74, 6) is 0.205. The first-order chi connectivity index (χ1) is 9.06. The fraction of sp³-hybridized carbons (Fsp3) is 0.214. The summed E-state index contributed by atoms with van der Waals surface area (Å²) in [6.07, 6.45) is 1.53. The fourth-order valence-electron chi connectivity index (χ4n) is 1.50. The molecule has 19 heavy (non-hydrogen) atoms. The zero-order valence-electron chi connectivity index (χ0n) is 10.8. The molecule has 0 radical (unpaired) electrons. The second-order valence-corrected chi connectivity index (χ2v) is 4.27. The Labute approximate surface area is 111 Å². The molecule has 2 rings (SSSR count). The van der Waals surface area contributed by atoms with E-state index in [0.29, 0.717) is 11.4 Å². The summed E-state index contributed by atoms with van der Waals surface area (Å²) in [5, 5.41) is 0. The number of hydrogen-bond donors (Lipinski definition) is 1. The summed E-state index contributed by atoms with van der Waals surface area (Å²) in [6, 6.07) is 7.66. The molecule has 0 saturated heterocycles. The number of nitrogens with zero attached hydrogens (tertiary/aromatic N) is 1. The number of rotatable bonds is 4. The van der Waals surface area contributed by atoms with Crippen LogP contribution in [0.4, 0.5) is 10.1 Å². The molecule has 0 spiro atoms. The van der Waals surface area contributed by atoms with Crippen molar-refractivity contribution in [3.8, 4) is 17.4 Å². The summed E-state index contributed by atoms with van der Waals surface area (Å²) in [7, 11) is 0. The van der Waals surface area contributed by atoms with Gasteiger partial charge in [-0.05, 0) is 38.1 Å². The minimum absolute atomic E-state index is 0.0252. The molecule has 0 bridgehead atoms. The van der Waals surface area contributed by atoms with E-state index in [9.17, 15) is 4.39 Å². The van der Waals surface area contributed by atoms with Crippen molar-refractivity contribution in [2.45, 2.75) is 20.0 Å². The lowest BCUT2D eigenvalue weighted by atomic mass is 10.3. The first kappa shape index (κ1) is 13.1. The topological polar surface area (TPSA) is 57.4 Å². The molecule has 0 aliphatic heterocycles. The third kappa shape index (κ3) is 3.34. The van der Waals surface area contributed by atoms with Crippen LogP contribution in [0, 0.1) is 5.82 Å². The van der Waals surface area contributed by atoms with Gasteiger partial charge in [0.25, 0.3) is 5.88 Å². The second kappa shape index (κ2) is 5.56. The number of ether oxygens (including phenoxy) is 2. The van der Waals surface area contributed by atoms with Gasteiger partial charge in [-0.3, -0.25) is 0 Å². The van der Waals surface area contributed by atoms with Crippen LogP contribution in [0.1, 0.15) is 13.8 Å². The normalized spacial score (nSPS) is 10.5. The number of anilines is 1. The van der Waals surface area contributed by atoms with Crippen molar-refractivity contribution in [2.75, 3.05) is 5.73 Å². The number of nitrogens with two attached hydrogens (primary N) is 1. The second-order valence-electron chi connectivity index (χ2n) is 4.27. The van der Waals surface area contributed by atoms with Crippen LogP contribution in [0.5, 0.6) is 17.4 Å². The lowest BCUT2D eigenvalue weighted by Gasteiger charge is -2.13. The predicted octanol–water partition coefficient (Wildman–Crippen LogP) is 3.38. The van der Waals surface area contributed by atoms with Crippen molar-refractivity contribution in [2.24, 2.45) is 0 Å². The van der Waals surface area contributed by atoms with Gasteiger partial charge in [0.1, 0.15) is 0 Å². The van der Waals surface area contributed by atoms with Crippen molar-refractivity contribution < 1.29 is 13.9 Å². The number of hydrogen-bond acceptors (Lipinski definition) is 4. The van der Waals surface area contributed by atoms with Gasteiger partial charge in [0.2, 0.25) is 0 Å². The van der Waals surface area contributed by atoms with Crippen LogP contribution in [0.15, 0.2) is 36.5 Å². The summed E-state index contributed by atoms with van der Waals surface area (Å²) in [4.78, 5) is 4.05. The quantitative estimate of drug-likeness (QED) is 0.858. The van der Waals surface area contributed by atoms with Crippen LogP contribution in [0.2, 0.25) is 0 Å². The van der Waals surface area contributed by atoms with Crippen LogP contribution >= 0.6 is 0 Å². The van der Waals surface area contributed by atoms with Crippen molar-refractivity contribution in [1.29, 1.82) is 0 Å². The van der Waals surface area contributed by atoms with E-state index < -0.39 is 5.82 Å². The van der Waals surface area contributed by atoms with Gasteiger partial charge in [-0.15, -0.1) is 0 Å². The molecule has 0 saturated carbocycles. The zero-order chi connectivity index (χ0) is 13.8. The molecule has 2 aromatic rings.